The Bertz CT molecular complexity index is 569. The topological polar surface area (TPSA) is 70.8 Å². The number of H-pyrrole nitrogens is 1. The van der Waals surface area contributed by atoms with Crippen molar-refractivity contribution in [3.63, 3.8) is 0 Å². The van der Waals surface area contributed by atoms with Crippen LogP contribution in [0.2, 0.25) is 0 Å². The van der Waals surface area contributed by atoms with Crippen LogP contribution in [0.15, 0.2) is 0 Å². The lowest BCUT2D eigenvalue weighted by atomic mass is 9.95. The van der Waals surface area contributed by atoms with Crippen LogP contribution in [0.1, 0.15) is 23.3 Å². The minimum absolute atomic E-state index is 0.695. The molecule has 18 heavy (non-hydrogen) atoms. The van der Waals surface area contributed by atoms with Gasteiger partial charge >= 0.3 is 0 Å². The van der Waals surface area contributed by atoms with Gasteiger partial charge in [-0.05, 0) is 31.2 Å². The minimum atomic E-state index is 0.695. The number of hydrogen-bond acceptors (Lipinski definition) is 5. The molecule has 0 amide bonds. The Morgan fingerprint density at radius 2 is 2.06 bits per heavy atom. The number of nitrogens with zero attached hydrogens (tertiary/aromatic N) is 3. The first kappa shape index (κ1) is 11.5. The van der Waals surface area contributed by atoms with Crippen LogP contribution in [0.5, 0.6) is 0 Å². The van der Waals surface area contributed by atoms with Gasteiger partial charge in [0.25, 0.3) is 0 Å². The number of rotatable bonds is 2. The first-order valence-electron chi connectivity index (χ1n) is 6.17. The summed E-state index contributed by atoms with van der Waals surface area (Å²) in [5.41, 5.74) is 8.61. The molecule has 3 N–H and O–H groups in total. The van der Waals surface area contributed by atoms with E-state index in [9.17, 15) is 0 Å². The highest BCUT2D eigenvalue weighted by atomic mass is 32.1. The molecular formula is C12H17N5S. The van der Waals surface area contributed by atoms with Gasteiger partial charge in [-0.15, -0.1) is 16.4 Å². The first-order valence-corrected chi connectivity index (χ1v) is 6.98. The average Bonchev–Trinajstić information content (AvgIpc) is 2.91. The summed E-state index contributed by atoms with van der Waals surface area (Å²) >= 11 is 1.71. The van der Waals surface area contributed by atoms with E-state index >= 15 is 0 Å². The summed E-state index contributed by atoms with van der Waals surface area (Å²) in [6, 6.07) is 0. The van der Waals surface area contributed by atoms with Gasteiger partial charge in [0.2, 0.25) is 5.95 Å². The van der Waals surface area contributed by atoms with Crippen molar-refractivity contribution >= 4 is 22.3 Å². The summed E-state index contributed by atoms with van der Waals surface area (Å²) in [6.07, 6.45) is 4.77. The standard InChI is InChI=1S/C12H17N5S/c1-17(2)12-14-11(15-16-12)9-7-5-3-4-6-8(7)18-10(9)13/h3-6,13H2,1-2H3,(H,14,15,16). The molecule has 0 saturated carbocycles. The maximum absolute atomic E-state index is 6.16. The number of aryl methyl sites for hydroxylation is 1. The van der Waals surface area contributed by atoms with Crippen molar-refractivity contribution in [1.29, 1.82) is 0 Å². The predicted octanol–water partition coefficient (Wildman–Crippen LogP) is 2.06. The molecule has 2 aromatic rings. The van der Waals surface area contributed by atoms with E-state index < -0.39 is 0 Å². The van der Waals surface area contributed by atoms with Crippen LogP contribution < -0.4 is 10.6 Å². The lowest BCUT2D eigenvalue weighted by Gasteiger charge is -2.11. The van der Waals surface area contributed by atoms with Crippen LogP contribution in [0.25, 0.3) is 11.4 Å². The average molecular weight is 263 g/mol. The van der Waals surface area contributed by atoms with E-state index in [2.05, 4.69) is 15.2 Å². The van der Waals surface area contributed by atoms with Gasteiger partial charge in [-0.2, -0.15) is 4.98 Å². The van der Waals surface area contributed by atoms with Crippen LogP contribution in [-0.4, -0.2) is 29.3 Å². The maximum Gasteiger partial charge on any atom is 0.244 e. The summed E-state index contributed by atoms with van der Waals surface area (Å²) in [5.74, 6) is 1.50. The van der Waals surface area contributed by atoms with Crippen LogP contribution in [0.3, 0.4) is 0 Å². The number of fused-ring (bicyclic) bond motifs is 1. The molecule has 2 aromatic heterocycles. The van der Waals surface area contributed by atoms with Gasteiger partial charge in [0.1, 0.15) is 0 Å². The predicted molar refractivity (Wildman–Crippen MR) is 75.1 cm³/mol. The molecule has 0 unspecified atom stereocenters. The Morgan fingerprint density at radius 1 is 1.28 bits per heavy atom. The van der Waals surface area contributed by atoms with E-state index in [4.69, 9.17) is 5.73 Å². The smallest absolute Gasteiger partial charge is 0.244 e. The van der Waals surface area contributed by atoms with E-state index in [0.717, 1.165) is 29.2 Å². The van der Waals surface area contributed by atoms with Gasteiger partial charge < -0.3 is 10.6 Å². The summed E-state index contributed by atoms with van der Waals surface area (Å²) in [4.78, 5) is 7.82. The van der Waals surface area contributed by atoms with Crippen molar-refractivity contribution in [2.45, 2.75) is 25.7 Å². The van der Waals surface area contributed by atoms with Crippen molar-refractivity contribution in [3.05, 3.63) is 10.4 Å². The molecule has 0 atom stereocenters. The fourth-order valence-corrected chi connectivity index (χ4v) is 3.57. The SMILES string of the molecule is CN(C)c1n[nH]c(-c2c(N)sc3c2CCCC3)n1. The Hall–Kier alpha value is -1.56. The van der Waals surface area contributed by atoms with Crippen molar-refractivity contribution in [2.75, 3.05) is 24.7 Å². The van der Waals surface area contributed by atoms with Crippen molar-refractivity contribution in [3.8, 4) is 11.4 Å². The monoisotopic (exact) mass is 263 g/mol. The second-order valence-corrected chi connectivity index (χ2v) is 5.97. The fourth-order valence-electron chi connectivity index (χ4n) is 2.41. The van der Waals surface area contributed by atoms with E-state index in [0.29, 0.717) is 5.95 Å². The lowest BCUT2D eigenvalue weighted by molar-refractivity contribution is 0.697. The maximum atomic E-state index is 6.16. The summed E-state index contributed by atoms with van der Waals surface area (Å²) in [6.45, 7) is 0. The molecule has 0 aromatic carbocycles. The molecule has 0 radical (unpaired) electrons. The van der Waals surface area contributed by atoms with E-state index in [-0.39, 0.29) is 0 Å². The third kappa shape index (κ3) is 1.77. The Balaban J connectivity index is 2.07. The van der Waals surface area contributed by atoms with Gasteiger partial charge in [-0.3, -0.25) is 5.10 Å². The third-order valence-electron chi connectivity index (χ3n) is 3.31. The molecule has 5 nitrogen and oxygen atoms in total. The van der Waals surface area contributed by atoms with Gasteiger partial charge in [0.15, 0.2) is 5.82 Å². The van der Waals surface area contributed by atoms with E-state index in [1.807, 2.05) is 19.0 Å². The normalized spacial score (nSPS) is 14.6. The van der Waals surface area contributed by atoms with Gasteiger partial charge in [0, 0.05) is 19.0 Å². The van der Waals surface area contributed by atoms with Crippen LogP contribution in [-0.2, 0) is 12.8 Å². The van der Waals surface area contributed by atoms with Gasteiger partial charge in [0.05, 0.1) is 10.6 Å². The fraction of sp³-hybridized carbons (Fsp3) is 0.500. The third-order valence-corrected chi connectivity index (χ3v) is 4.43. The molecule has 96 valence electrons. The molecule has 0 fully saturated rings. The summed E-state index contributed by atoms with van der Waals surface area (Å²) < 4.78 is 0. The highest BCUT2D eigenvalue weighted by Gasteiger charge is 2.22. The highest BCUT2D eigenvalue weighted by Crippen LogP contribution is 2.41. The van der Waals surface area contributed by atoms with Crippen LogP contribution in [0, 0.1) is 0 Å². The molecule has 0 saturated heterocycles. The molecule has 2 heterocycles. The van der Waals surface area contributed by atoms with Crippen molar-refractivity contribution < 1.29 is 0 Å². The minimum Gasteiger partial charge on any atom is -0.390 e. The molecular weight excluding hydrogens is 246 g/mol. The van der Waals surface area contributed by atoms with Crippen LogP contribution in [0.4, 0.5) is 10.9 Å². The number of nitrogen functional groups attached to an aromatic ring is 1. The lowest BCUT2D eigenvalue weighted by Crippen LogP contribution is -2.10. The van der Waals surface area contributed by atoms with E-state index in [1.165, 1.54) is 23.3 Å². The Labute approximate surface area is 110 Å². The zero-order valence-electron chi connectivity index (χ0n) is 10.7. The Morgan fingerprint density at radius 3 is 2.78 bits per heavy atom. The van der Waals surface area contributed by atoms with Crippen LogP contribution >= 0.6 is 11.3 Å². The number of aromatic nitrogens is 3. The number of anilines is 2. The molecule has 1 aliphatic carbocycles. The number of thiophene rings is 1. The molecule has 1 aliphatic rings. The van der Waals surface area contributed by atoms with Crippen molar-refractivity contribution in [1.82, 2.24) is 15.2 Å². The number of aromatic amines is 1. The van der Waals surface area contributed by atoms with E-state index in [1.54, 1.807) is 11.3 Å². The first-order chi connectivity index (χ1) is 8.66. The van der Waals surface area contributed by atoms with Gasteiger partial charge in [-0.25, -0.2) is 0 Å². The molecule has 0 spiro atoms. The molecule has 0 bridgehead atoms. The second kappa shape index (κ2) is 4.28. The largest absolute Gasteiger partial charge is 0.390 e. The zero-order valence-corrected chi connectivity index (χ0v) is 11.5. The quantitative estimate of drug-likeness (QED) is 0.870. The second-order valence-electron chi connectivity index (χ2n) is 4.83. The molecule has 3 rings (SSSR count). The molecule has 6 heteroatoms. The number of nitrogens with two attached hydrogens (primary N) is 1. The summed E-state index contributed by atoms with van der Waals surface area (Å²) in [7, 11) is 3.86. The summed E-state index contributed by atoms with van der Waals surface area (Å²) in [5, 5.41) is 8.07. The van der Waals surface area contributed by atoms with Gasteiger partial charge in [-0.1, -0.05) is 0 Å². The highest BCUT2D eigenvalue weighted by molar-refractivity contribution is 7.16. The number of hydrogen-bond donors (Lipinski definition) is 2. The Kier molecular flexibility index (Phi) is 2.74. The molecule has 0 aliphatic heterocycles. The zero-order chi connectivity index (χ0) is 12.7. The number of nitrogens with one attached hydrogen (secondary N) is 1. The van der Waals surface area contributed by atoms with Crippen molar-refractivity contribution in [2.24, 2.45) is 0 Å².